The van der Waals surface area contributed by atoms with Gasteiger partial charge in [-0.25, -0.2) is 0 Å². The van der Waals surface area contributed by atoms with E-state index in [1.165, 1.54) is 18.5 Å². The fraction of sp³-hybridized carbons (Fsp3) is 0.611. The van der Waals surface area contributed by atoms with Crippen LogP contribution < -0.4 is 9.80 Å². The number of hydrogen-bond acceptors (Lipinski definition) is 3. The summed E-state index contributed by atoms with van der Waals surface area (Å²) in [4.78, 5) is 18.9. The number of para-hydroxylation sites is 1. The Balaban J connectivity index is 1.76. The minimum atomic E-state index is 0.0713. The normalized spacial score (nSPS) is 18.9. The molecule has 0 spiro atoms. The van der Waals surface area contributed by atoms with Crippen LogP contribution in [0.15, 0.2) is 18.2 Å². The van der Waals surface area contributed by atoms with Crippen molar-refractivity contribution < 1.29 is 4.79 Å². The minimum Gasteiger partial charge on any atom is -0.370 e. The van der Waals surface area contributed by atoms with Gasteiger partial charge in [-0.2, -0.15) is 0 Å². The van der Waals surface area contributed by atoms with Crippen molar-refractivity contribution in [1.29, 1.82) is 0 Å². The highest BCUT2D eigenvalue weighted by Crippen LogP contribution is 2.38. The summed E-state index contributed by atoms with van der Waals surface area (Å²) in [6, 6.07) is 6.19. The van der Waals surface area contributed by atoms with Crippen LogP contribution in [0.5, 0.6) is 0 Å². The van der Waals surface area contributed by atoms with Crippen molar-refractivity contribution in [3.8, 4) is 0 Å². The molecule has 4 nitrogen and oxygen atoms in total. The van der Waals surface area contributed by atoms with E-state index in [2.05, 4.69) is 15.9 Å². The summed E-state index contributed by atoms with van der Waals surface area (Å²) in [6.07, 6.45) is 2.51. The number of rotatable bonds is 3. The maximum atomic E-state index is 12.2. The van der Waals surface area contributed by atoms with E-state index in [1.54, 1.807) is 0 Å². The highest BCUT2D eigenvalue weighted by Gasteiger charge is 2.27. The van der Waals surface area contributed by atoms with Crippen LogP contribution in [-0.4, -0.2) is 50.1 Å². The van der Waals surface area contributed by atoms with Crippen LogP contribution in [0.4, 0.5) is 11.4 Å². The smallest absolute Gasteiger partial charge is 0.225 e. The molecule has 2 fully saturated rings. The van der Waals surface area contributed by atoms with Crippen molar-refractivity contribution in [1.82, 2.24) is 4.90 Å². The molecule has 0 bridgehead atoms. The van der Waals surface area contributed by atoms with Crippen molar-refractivity contribution in [2.45, 2.75) is 26.7 Å². The largest absolute Gasteiger partial charge is 0.370 e. The molecule has 0 unspecified atom stereocenters. The summed E-state index contributed by atoms with van der Waals surface area (Å²) < 4.78 is 0. The highest BCUT2D eigenvalue weighted by atomic mass is 35.5. The Hall–Kier alpha value is -1.42. The number of carbonyl (C=O) groups is 1. The van der Waals surface area contributed by atoms with Gasteiger partial charge in [-0.1, -0.05) is 31.5 Å². The van der Waals surface area contributed by atoms with Gasteiger partial charge in [0.1, 0.15) is 0 Å². The molecule has 2 heterocycles. The van der Waals surface area contributed by atoms with Gasteiger partial charge in [0.05, 0.1) is 16.4 Å². The fourth-order valence-electron chi connectivity index (χ4n) is 3.55. The monoisotopic (exact) mass is 335 g/mol. The predicted octanol–water partition coefficient (Wildman–Crippen LogP) is 3.24. The Morgan fingerprint density at radius 1 is 1.00 bits per heavy atom. The molecule has 0 N–H and O–H groups in total. The number of carbonyl (C=O) groups excluding carboxylic acids is 1. The molecule has 0 saturated carbocycles. The Morgan fingerprint density at radius 3 is 2.26 bits per heavy atom. The van der Waals surface area contributed by atoms with Crippen LogP contribution in [-0.2, 0) is 4.79 Å². The third-order valence-electron chi connectivity index (χ3n) is 4.81. The highest BCUT2D eigenvalue weighted by molar-refractivity contribution is 6.34. The molecule has 0 radical (unpaired) electrons. The van der Waals surface area contributed by atoms with E-state index < -0.39 is 0 Å². The maximum absolute atomic E-state index is 12.2. The van der Waals surface area contributed by atoms with E-state index in [9.17, 15) is 4.79 Å². The molecule has 2 saturated heterocycles. The first-order chi connectivity index (χ1) is 11.1. The molecule has 23 heavy (non-hydrogen) atoms. The Morgan fingerprint density at radius 2 is 1.65 bits per heavy atom. The molecular formula is C18H26ClN3O. The number of hydrogen-bond donors (Lipinski definition) is 0. The van der Waals surface area contributed by atoms with Crippen LogP contribution in [0, 0.1) is 5.92 Å². The Bertz CT molecular complexity index is 561. The predicted molar refractivity (Wildman–Crippen MR) is 96.5 cm³/mol. The molecular weight excluding hydrogens is 310 g/mol. The molecule has 3 rings (SSSR count). The minimum absolute atomic E-state index is 0.0713. The summed E-state index contributed by atoms with van der Waals surface area (Å²) in [6.45, 7) is 9.41. The first-order valence-corrected chi connectivity index (χ1v) is 9.03. The van der Waals surface area contributed by atoms with Gasteiger partial charge in [0.15, 0.2) is 0 Å². The SMILES string of the molecule is CC(C)C(=O)N1CCN(c2c(Cl)cccc2N2CCCC2)CC1. The zero-order chi connectivity index (χ0) is 16.4. The number of nitrogens with zero attached hydrogens (tertiary/aromatic N) is 3. The third kappa shape index (κ3) is 3.42. The van der Waals surface area contributed by atoms with Gasteiger partial charge in [0, 0.05) is 45.2 Å². The van der Waals surface area contributed by atoms with Gasteiger partial charge in [-0.3, -0.25) is 4.79 Å². The lowest BCUT2D eigenvalue weighted by Gasteiger charge is -2.39. The van der Waals surface area contributed by atoms with Gasteiger partial charge in [0.25, 0.3) is 0 Å². The third-order valence-corrected chi connectivity index (χ3v) is 5.12. The number of piperazine rings is 1. The van der Waals surface area contributed by atoms with E-state index >= 15 is 0 Å². The standard InChI is InChI=1S/C18H26ClN3O/c1-14(2)18(23)22-12-10-21(11-13-22)17-15(19)6-5-7-16(17)20-8-3-4-9-20/h5-7,14H,3-4,8-13H2,1-2H3. The van der Waals surface area contributed by atoms with E-state index in [0.29, 0.717) is 0 Å². The first kappa shape index (κ1) is 16.4. The second-order valence-corrected chi connectivity index (χ2v) is 7.18. The Labute approximate surface area is 144 Å². The second-order valence-electron chi connectivity index (χ2n) is 6.77. The number of halogens is 1. The summed E-state index contributed by atoms with van der Waals surface area (Å²) in [5.41, 5.74) is 2.39. The number of benzene rings is 1. The molecule has 0 aliphatic carbocycles. The molecule has 1 aromatic rings. The van der Waals surface area contributed by atoms with Crippen molar-refractivity contribution in [3.05, 3.63) is 23.2 Å². The zero-order valence-corrected chi connectivity index (χ0v) is 14.9. The van der Waals surface area contributed by atoms with Gasteiger partial charge in [-0.05, 0) is 25.0 Å². The van der Waals surface area contributed by atoms with Crippen molar-refractivity contribution in [2.24, 2.45) is 5.92 Å². The molecule has 2 aliphatic rings. The summed E-state index contributed by atoms with van der Waals surface area (Å²) in [5, 5.41) is 0.818. The lowest BCUT2D eigenvalue weighted by atomic mass is 10.1. The van der Waals surface area contributed by atoms with Crippen LogP contribution >= 0.6 is 11.6 Å². The molecule has 5 heteroatoms. The van der Waals surface area contributed by atoms with Gasteiger partial charge in [0.2, 0.25) is 5.91 Å². The molecule has 0 aromatic heterocycles. The number of amides is 1. The lowest BCUT2D eigenvalue weighted by Crippen LogP contribution is -2.50. The summed E-state index contributed by atoms with van der Waals surface area (Å²) >= 11 is 6.54. The van der Waals surface area contributed by atoms with Crippen LogP contribution in [0.1, 0.15) is 26.7 Å². The van der Waals surface area contributed by atoms with Crippen LogP contribution in [0.3, 0.4) is 0 Å². The number of anilines is 2. The van der Waals surface area contributed by atoms with E-state index in [1.807, 2.05) is 30.9 Å². The second kappa shape index (κ2) is 7.00. The van der Waals surface area contributed by atoms with Crippen molar-refractivity contribution in [2.75, 3.05) is 49.1 Å². The lowest BCUT2D eigenvalue weighted by molar-refractivity contribution is -0.134. The van der Waals surface area contributed by atoms with E-state index in [0.717, 1.165) is 50.0 Å². The van der Waals surface area contributed by atoms with Crippen molar-refractivity contribution in [3.63, 3.8) is 0 Å². The van der Waals surface area contributed by atoms with Gasteiger partial charge in [-0.15, -0.1) is 0 Å². The average Bonchev–Trinajstić information content (AvgIpc) is 3.08. The Kier molecular flexibility index (Phi) is 5.00. The van der Waals surface area contributed by atoms with Gasteiger partial charge < -0.3 is 14.7 Å². The molecule has 1 aromatic carbocycles. The van der Waals surface area contributed by atoms with E-state index in [-0.39, 0.29) is 11.8 Å². The van der Waals surface area contributed by atoms with Crippen LogP contribution in [0.25, 0.3) is 0 Å². The molecule has 2 aliphatic heterocycles. The van der Waals surface area contributed by atoms with E-state index in [4.69, 9.17) is 11.6 Å². The topological polar surface area (TPSA) is 26.8 Å². The maximum Gasteiger partial charge on any atom is 0.225 e. The summed E-state index contributed by atoms with van der Waals surface area (Å²) in [5.74, 6) is 0.325. The van der Waals surface area contributed by atoms with Gasteiger partial charge >= 0.3 is 0 Å². The fourth-order valence-corrected chi connectivity index (χ4v) is 3.83. The molecule has 1 amide bonds. The molecule has 126 valence electrons. The first-order valence-electron chi connectivity index (χ1n) is 8.65. The average molecular weight is 336 g/mol. The quantitative estimate of drug-likeness (QED) is 0.848. The zero-order valence-electron chi connectivity index (χ0n) is 14.1. The summed E-state index contributed by atoms with van der Waals surface area (Å²) in [7, 11) is 0. The molecule has 0 atom stereocenters. The van der Waals surface area contributed by atoms with Crippen molar-refractivity contribution >= 4 is 28.9 Å². The van der Waals surface area contributed by atoms with Crippen LogP contribution in [0.2, 0.25) is 5.02 Å².